The largest absolute Gasteiger partial charge is 0.481 e. The summed E-state index contributed by atoms with van der Waals surface area (Å²) in [5, 5.41) is 12.1. The molecule has 3 aliphatic heterocycles. The molecular weight excluding hydrogens is 312 g/mol. The SMILES string of the molecule is CC(=O)Nc1ccc(N2C[C@]34C=C[C@H](O3)[C@@H](C(=O)O)[C@@H]4C2=O)cc1. The van der Waals surface area contributed by atoms with Gasteiger partial charge in [-0.25, -0.2) is 0 Å². The number of hydrogen-bond donors (Lipinski definition) is 2. The number of aliphatic carboxylic acids is 1. The minimum Gasteiger partial charge on any atom is -0.481 e. The summed E-state index contributed by atoms with van der Waals surface area (Å²) in [6, 6.07) is 6.87. The van der Waals surface area contributed by atoms with Crippen molar-refractivity contribution in [3.8, 4) is 0 Å². The van der Waals surface area contributed by atoms with Gasteiger partial charge in [-0.1, -0.05) is 12.2 Å². The van der Waals surface area contributed by atoms with Crippen molar-refractivity contribution < 1.29 is 24.2 Å². The molecule has 2 saturated heterocycles. The zero-order valence-electron chi connectivity index (χ0n) is 12.9. The third kappa shape index (κ3) is 1.98. The molecule has 1 aromatic rings. The first kappa shape index (κ1) is 14.9. The lowest BCUT2D eigenvalue weighted by molar-refractivity contribution is -0.146. The third-order valence-corrected chi connectivity index (χ3v) is 4.88. The number of rotatable bonds is 3. The van der Waals surface area contributed by atoms with Crippen molar-refractivity contribution in [2.75, 3.05) is 16.8 Å². The number of carbonyl (C=O) groups excluding carboxylic acids is 2. The van der Waals surface area contributed by atoms with Crippen LogP contribution in [-0.4, -0.2) is 41.1 Å². The number of anilines is 2. The molecule has 0 aromatic heterocycles. The first-order valence-corrected chi connectivity index (χ1v) is 7.70. The van der Waals surface area contributed by atoms with Gasteiger partial charge in [0.2, 0.25) is 11.8 Å². The van der Waals surface area contributed by atoms with E-state index in [0.717, 1.165) is 0 Å². The van der Waals surface area contributed by atoms with E-state index in [9.17, 15) is 19.5 Å². The van der Waals surface area contributed by atoms with Gasteiger partial charge >= 0.3 is 5.97 Å². The maximum Gasteiger partial charge on any atom is 0.310 e. The second-order valence-electron chi connectivity index (χ2n) is 6.39. The van der Waals surface area contributed by atoms with Crippen LogP contribution in [-0.2, 0) is 19.1 Å². The van der Waals surface area contributed by atoms with E-state index < -0.39 is 29.5 Å². The predicted molar refractivity (Wildman–Crippen MR) is 84.5 cm³/mol. The average molecular weight is 328 g/mol. The number of fused-ring (bicyclic) bond motifs is 1. The summed E-state index contributed by atoms with van der Waals surface area (Å²) >= 11 is 0. The Labute approximate surface area is 137 Å². The zero-order chi connectivity index (χ0) is 17.1. The fourth-order valence-corrected chi connectivity index (χ4v) is 3.93. The minimum absolute atomic E-state index is 0.173. The molecule has 3 heterocycles. The number of carbonyl (C=O) groups is 3. The van der Waals surface area contributed by atoms with Gasteiger partial charge in [-0.3, -0.25) is 14.4 Å². The highest BCUT2D eigenvalue weighted by Gasteiger charge is 2.67. The van der Waals surface area contributed by atoms with Gasteiger partial charge in [0.15, 0.2) is 0 Å². The van der Waals surface area contributed by atoms with Crippen molar-refractivity contribution >= 4 is 29.2 Å². The molecule has 4 atom stereocenters. The van der Waals surface area contributed by atoms with E-state index in [4.69, 9.17) is 4.74 Å². The van der Waals surface area contributed by atoms with Crippen molar-refractivity contribution in [2.45, 2.75) is 18.6 Å². The first-order chi connectivity index (χ1) is 11.4. The van der Waals surface area contributed by atoms with Gasteiger partial charge in [-0.05, 0) is 24.3 Å². The van der Waals surface area contributed by atoms with Gasteiger partial charge in [-0.15, -0.1) is 0 Å². The monoisotopic (exact) mass is 328 g/mol. The summed E-state index contributed by atoms with van der Waals surface area (Å²) in [7, 11) is 0. The molecule has 2 amide bonds. The molecule has 2 bridgehead atoms. The maximum absolute atomic E-state index is 12.8. The number of ether oxygens (including phenoxy) is 1. The number of carboxylic acid groups (broad SMARTS) is 1. The lowest BCUT2D eigenvalue weighted by atomic mass is 9.77. The number of benzene rings is 1. The lowest BCUT2D eigenvalue weighted by Gasteiger charge is -2.21. The van der Waals surface area contributed by atoms with Crippen LogP contribution in [0.15, 0.2) is 36.4 Å². The quantitative estimate of drug-likeness (QED) is 0.808. The fourth-order valence-electron chi connectivity index (χ4n) is 3.93. The molecule has 1 aromatic carbocycles. The van der Waals surface area contributed by atoms with Crippen molar-refractivity contribution in [2.24, 2.45) is 11.8 Å². The molecule has 1 spiro atoms. The van der Waals surface area contributed by atoms with Crippen LogP contribution in [0.2, 0.25) is 0 Å². The molecule has 0 saturated carbocycles. The highest BCUT2D eigenvalue weighted by Crippen LogP contribution is 2.52. The lowest BCUT2D eigenvalue weighted by Crippen LogP contribution is -2.39. The molecule has 3 aliphatic rings. The molecular formula is C17H16N2O5. The summed E-state index contributed by atoms with van der Waals surface area (Å²) in [5.74, 6) is -2.95. The molecule has 0 radical (unpaired) electrons. The van der Waals surface area contributed by atoms with E-state index in [-0.39, 0.29) is 11.8 Å². The van der Waals surface area contributed by atoms with Crippen LogP contribution in [0.1, 0.15) is 6.92 Å². The molecule has 124 valence electrons. The number of carboxylic acids is 1. The highest BCUT2D eigenvalue weighted by molar-refractivity contribution is 6.02. The van der Waals surface area contributed by atoms with Crippen molar-refractivity contribution in [1.82, 2.24) is 0 Å². The van der Waals surface area contributed by atoms with Crippen molar-refractivity contribution in [3.63, 3.8) is 0 Å². The third-order valence-electron chi connectivity index (χ3n) is 4.88. The van der Waals surface area contributed by atoms with Gasteiger partial charge in [0.25, 0.3) is 0 Å². The van der Waals surface area contributed by atoms with Crippen LogP contribution in [0.3, 0.4) is 0 Å². The molecule has 2 fully saturated rings. The predicted octanol–water partition coefficient (Wildman–Crippen LogP) is 1.02. The summed E-state index contributed by atoms with van der Waals surface area (Å²) in [5.41, 5.74) is 0.445. The molecule has 4 rings (SSSR count). The van der Waals surface area contributed by atoms with Crippen LogP contribution in [0, 0.1) is 11.8 Å². The van der Waals surface area contributed by atoms with E-state index in [1.807, 2.05) is 6.08 Å². The summed E-state index contributed by atoms with van der Waals surface area (Å²) in [6.07, 6.45) is 3.04. The Morgan fingerprint density at radius 2 is 2.04 bits per heavy atom. The van der Waals surface area contributed by atoms with Crippen molar-refractivity contribution in [1.29, 1.82) is 0 Å². The molecule has 0 aliphatic carbocycles. The standard InChI is InChI=1S/C17H16N2O5/c1-9(20)18-10-2-4-11(5-3-10)19-8-17-7-6-12(24-17)13(16(22)23)14(17)15(19)21/h2-7,12-14H,8H2,1H3,(H,18,20)(H,22,23)/t12-,13+,14+,17-/m0/s1. The Bertz CT molecular complexity index is 772. The van der Waals surface area contributed by atoms with E-state index >= 15 is 0 Å². The fraction of sp³-hybridized carbons (Fsp3) is 0.353. The second-order valence-corrected chi connectivity index (χ2v) is 6.39. The van der Waals surface area contributed by atoms with E-state index in [2.05, 4.69) is 5.32 Å². The first-order valence-electron chi connectivity index (χ1n) is 7.70. The second kappa shape index (κ2) is 4.91. The van der Waals surface area contributed by atoms with E-state index in [0.29, 0.717) is 17.9 Å². The zero-order valence-corrected chi connectivity index (χ0v) is 12.9. The van der Waals surface area contributed by atoms with Gasteiger partial charge < -0.3 is 20.1 Å². The Balaban J connectivity index is 1.63. The summed E-state index contributed by atoms with van der Waals surface area (Å²) < 4.78 is 5.84. The van der Waals surface area contributed by atoms with Gasteiger partial charge in [0.1, 0.15) is 11.5 Å². The summed E-state index contributed by atoms with van der Waals surface area (Å²) in [4.78, 5) is 37.0. The molecule has 7 nitrogen and oxygen atoms in total. The Hall–Kier alpha value is -2.67. The number of nitrogens with zero attached hydrogens (tertiary/aromatic N) is 1. The molecule has 24 heavy (non-hydrogen) atoms. The van der Waals surface area contributed by atoms with Crippen molar-refractivity contribution in [3.05, 3.63) is 36.4 Å². The van der Waals surface area contributed by atoms with E-state index in [1.54, 1.807) is 35.2 Å². The minimum atomic E-state index is -1.01. The van der Waals surface area contributed by atoms with Crippen LogP contribution in [0.4, 0.5) is 11.4 Å². The van der Waals surface area contributed by atoms with Crippen LogP contribution >= 0.6 is 0 Å². The number of amides is 2. The van der Waals surface area contributed by atoms with Gasteiger partial charge in [0, 0.05) is 18.3 Å². The Morgan fingerprint density at radius 1 is 1.33 bits per heavy atom. The highest BCUT2D eigenvalue weighted by atomic mass is 16.5. The topological polar surface area (TPSA) is 95.9 Å². The van der Waals surface area contributed by atoms with Crippen LogP contribution in [0.5, 0.6) is 0 Å². The smallest absolute Gasteiger partial charge is 0.310 e. The van der Waals surface area contributed by atoms with Crippen LogP contribution < -0.4 is 10.2 Å². The molecule has 7 heteroatoms. The normalized spacial score (nSPS) is 33.0. The number of nitrogens with one attached hydrogen (secondary N) is 1. The Kier molecular flexibility index (Phi) is 3.05. The molecule has 2 N–H and O–H groups in total. The van der Waals surface area contributed by atoms with Gasteiger partial charge in [-0.2, -0.15) is 0 Å². The van der Waals surface area contributed by atoms with E-state index in [1.165, 1.54) is 6.92 Å². The average Bonchev–Trinajstić information content (AvgIpc) is 3.16. The van der Waals surface area contributed by atoms with Crippen LogP contribution in [0.25, 0.3) is 0 Å². The Morgan fingerprint density at radius 3 is 2.67 bits per heavy atom. The molecule has 0 unspecified atom stereocenters. The maximum atomic E-state index is 12.8. The van der Waals surface area contributed by atoms with Gasteiger partial charge in [0.05, 0.1) is 18.6 Å². The number of hydrogen-bond acceptors (Lipinski definition) is 4. The summed E-state index contributed by atoms with van der Waals surface area (Å²) in [6.45, 7) is 1.72.